The van der Waals surface area contributed by atoms with Gasteiger partial charge in [-0.25, -0.2) is 12.8 Å². The molecule has 2 atom stereocenters. The molecule has 0 amide bonds. The molecule has 1 aromatic rings. The van der Waals surface area contributed by atoms with Crippen LogP contribution in [0.2, 0.25) is 0 Å². The Bertz CT molecular complexity index is 1090. The highest BCUT2D eigenvalue weighted by Crippen LogP contribution is 2.25. The minimum atomic E-state index is -3.50. The van der Waals surface area contributed by atoms with Crippen LogP contribution < -0.4 is 0 Å². The number of aliphatic hydroxyl groups is 1. The summed E-state index contributed by atoms with van der Waals surface area (Å²) in [5, 5.41) is 9.96. The number of ketones is 1. The van der Waals surface area contributed by atoms with Gasteiger partial charge in [-0.15, -0.1) is 0 Å². The van der Waals surface area contributed by atoms with E-state index in [1.807, 2.05) is 13.8 Å². The van der Waals surface area contributed by atoms with Crippen molar-refractivity contribution >= 4 is 33.1 Å². The van der Waals surface area contributed by atoms with E-state index in [2.05, 4.69) is 9.73 Å². The molecule has 10 heteroatoms. The van der Waals surface area contributed by atoms with Crippen LogP contribution in [0.4, 0.5) is 4.39 Å². The average Bonchev–Trinajstić information content (AvgIpc) is 2.76. The summed E-state index contributed by atoms with van der Waals surface area (Å²) in [5.74, 6) is -1.59. The third-order valence-electron chi connectivity index (χ3n) is 5.38. The predicted molar refractivity (Wildman–Crippen MR) is 135 cm³/mol. The third kappa shape index (κ3) is 9.83. The number of nitrogens with zero attached hydrogens (tertiary/aromatic N) is 2. The van der Waals surface area contributed by atoms with Crippen molar-refractivity contribution in [3.8, 4) is 0 Å². The summed E-state index contributed by atoms with van der Waals surface area (Å²) in [7, 11) is -0.871. The monoisotopic (exact) mass is 510 g/mol. The van der Waals surface area contributed by atoms with Crippen LogP contribution in [-0.4, -0.2) is 68.0 Å². The molecule has 1 rings (SSSR count). The smallest absolute Gasteiger partial charge is 0.308 e. The van der Waals surface area contributed by atoms with Gasteiger partial charge in [0.05, 0.1) is 25.9 Å². The maximum absolute atomic E-state index is 13.5. The molecular weight excluding hydrogens is 475 g/mol. The molecule has 0 aliphatic heterocycles. The largest absolute Gasteiger partial charge is 0.469 e. The third-order valence-corrected chi connectivity index (χ3v) is 6.73. The second-order valence-corrected chi connectivity index (χ2v) is 10.6. The van der Waals surface area contributed by atoms with E-state index >= 15 is 0 Å². The lowest BCUT2D eigenvalue weighted by atomic mass is 9.91. The second-order valence-electron chi connectivity index (χ2n) is 8.56. The highest BCUT2D eigenvalue weighted by molar-refractivity contribution is 7.88. The molecule has 0 radical (unpaired) electrons. The molecule has 0 heterocycles. The molecule has 0 aromatic heterocycles. The summed E-state index contributed by atoms with van der Waals surface area (Å²) in [6.45, 7) is 7.22. The average molecular weight is 511 g/mol. The minimum absolute atomic E-state index is 0.152. The van der Waals surface area contributed by atoms with Gasteiger partial charge in [0, 0.05) is 19.2 Å². The lowest BCUT2D eigenvalue weighted by Crippen LogP contribution is -2.34. The van der Waals surface area contributed by atoms with Crippen molar-refractivity contribution in [2.24, 2.45) is 10.9 Å². The van der Waals surface area contributed by atoms with Crippen LogP contribution in [0.25, 0.3) is 5.57 Å². The molecule has 35 heavy (non-hydrogen) atoms. The number of halogens is 1. The molecule has 194 valence electrons. The molecule has 0 saturated carbocycles. The van der Waals surface area contributed by atoms with E-state index in [0.717, 1.165) is 10.6 Å². The molecule has 0 saturated heterocycles. The summed E-state index contributed by atoms with van der Waals surface area (Å²) >= 11 is 0. The van der Waals surface area contributed by atoms with Gasteiger partial charge in [-0.3, -0.25) is 14.6 Å². The molecule has 0 fully saturated rings. The number of sulfonamides is 1. The Kier molecular flexibility index (Phi) is 11.6. The number of ether oxygens (including phenoxy) is 1. The van der Waals surface area contributed by atoms with E-state index in [9.17, 15) is 27.5 Å². The van der Waals surface area contributed by atoms with Gasteiger partial charge in [0.25, 0.3) is 0 Å². The fourth-order valence-electron chi connectivity index (χ4n) is 3.17. The first kappa shape index (κ1) is 30.3. The summed E-state index contributed by atoms with van der Waals surface area (Å²) < 4.78 is 43.1. The molecular formula is C25H35FN2O6S. The van der Waals surface area contributed by atoms with Gasteiger partial charge < -0.3 is 9.84 Å². The van der Waals surface area contributed by atoms with E-state index in [1.54, 1.807) is 32.1 Å². The van der Waals surface area contributed by atoms with Crippen molar-refractivity contribution in [3.63, 3.8) is 0 Å². The molecule has 0 aliphatic rings. The van der Waals surface area contributed by atoms with Crippen LogP contribution >= 0.6 is 0 Å². The van der Waals surface area contributed by atoms with E-state index in [4.69, 9.17) is 0 Å². The molecule has 0 aliphatic carbocycles. The highest BCUT2D eigenvalue weighted by atomic mass is 32.2. The quantitative estimate of drug-likeness (QED) is 0.200. The number of carbonyl (C=O) groups excluding carboxylic acids is 2. The maximum atomic E-state index is 13.5. The van der Waals surface area contributed by atoms with Crippen LogP contribution in [0.3, 0.4) is 0 Å². The number of benzene rings is 1. The SMILES string of the molecule is COC(=O)CC(O)CC(=O)/C=C/C(C(=N\C(C)N(C)S(C)(=O)=O)/C(C)C)=C(/C)c1ccc(F)cc1. The fraction of sp³-hybridized carbons (Fsp3) is 0.480. The van der Waals surface area contributed by atoms with Gasteiger partial charge in [-0.2, -0.15) is 4.31 Å². The molecule has 1 aromatic carbocycles. The normalized spacial score (nSPS) is 15.3. The van der Waals surface area contributed by atoms with Crippen LogP contribution in [0.15, 0.2) is 47.0 Å². The number of methoxy groups -OCH3 is 1. The van der Waals surface area contributed by atoms with Crippen molar-refractivity contribution < 1.29 is 32.2 Å². The highest BCUT2D eigenvalue weighted by Gasteiger charge is 2.21. The van der Waals surface area contributed by atoms with Gasteiger partial charge in [0.2, 0.25) is 10.0 Å². The number of rotatable bonds is 12. The number of hydrogen-bond donors (Lipinski definition) is 1. The zero-order valence-electron chi connectivity index (χ0n) is 21.3. The maximum Gasteiger partial charge on any atom is 0.308 e. The molecule has 0 bridgehead atoms. The van der Waals surface area contributed by atoms with E-state index in [-0.39, 0.29) is 18.8 Å². The number of allylic oxidation sites excluding steroid dienone is 4. The van der Waals surface area contributed by atoms with Gasteiger partial charge in [0.1, 0.15) is 12.0 Å². The van der Waals surface area contributed by atoms with Gasteiger partial charge in [0.15, 0.2) is 5.78 Å². The summed E-state index contributed by atoms with van der Waals surface area (Å²) in [4.78, 5) is 28.5. The van der Waals surface area contributed by atoms with Crippen molar-refractivity contribution in [3.05, 3.63) is 53.4 Å². The van der Waals surface area contributed by atoms with Crippen LogP contribution in [0.5, 0.6) is 0 Å². The first-order valence-corrected chi connectivity index (χ1v) is 13.0. The number of aliphatic hydroxyl groups excluding tert-OH is 1. The first-order valence-electron chi connectivity index (χ1n) is 11.1. The Labute approximate surface area is 207 Å². The Balaban J connectivity index is 3.51. The van der Waals surface area contributed by atoms with E-state index < -0.39 is 39.9 Å². The Morgan fingerprint density at radius 1 is 1.14 bits per heavy atom. The van der Waals surface area contributed by atoms with Crippen molar-refractivity contribution in [1.82, 2.24) is 4.31 Å². The number of esters is 1. The molecule has 8 nitrogen and oxygen atoms in total. The lowest BCUT2D eigenvalue weighted by molar-refractivity contribution is -0.143. The predicted octanol–water partition coefficient (Wildman–Crippen LogP) is 3.37. The second kappa shape index (κ2) is 13.4. The number of carbonyl (C=O) groups is 2. The standard InChI is InChI=1S/C25H35FN2O6S/c1-16(2)25(27-18(4)28(5)35(7,32)33)23(17(3)19-8-10-20(26)11-9-19)13-12-21(29)14-22(30)15-24(31)34-6/h8-13,16,18,22,30H,14-15H2,1-7H3/b13-12+,23-17+,27-25-. The molecule has 2 unspecified atom stereocenters. The zero-order valence-corrected chi connectivity index (χ0v) is 22.1. The van der Waals surface area contributed by atoms with Crippen LogP contribution in [0.1, 0.15) is 46.1 Å². The molecule has 1 N–H and O–H groups in total. The minimum Gasteiger partial charge on any atom is -0.469 e. The number of aliphatic imine (C=N–C) groups is 1. The summed E-state index contributed by atoms with van der Waals surface area (Å²) in [5.41, 5.74) is 2.51. The van der Waals surface area contributed by atoms with Crippen molar-refractivity contribution in [1.29, 1.82) is 0 Å². The van der Waals surface area contributed by atoms with E-state index in [0.29, 0.717) is 22.4 Å². The fourth-order valence-corrected chi connectivity index (χ4v) is 3.77. The summed E-state index contributed by atoms with van der Waals surface area (Å²) in [6.07, 6.45) is 1.43. The van der Waals surface area contributed by atoms with Crippen molar-refractivity contribution in [2.75, 3.05) is 20.4 Å². The molecule has 0 spiro atoms. The lowest BCUT2D eigenvalue weighted by Gasteiger charge is -2.23. The number of hydrogen-bond acceptors (Lipinski definition) is 7. The Hall–Kier alpha value is -2.69. The zero-order chi connectivity index (χ0) is 26.9. The Morgan fingerprint density at radius 2 is 1.71 bits per heavy atom. The van der Waals surface area contributed by atoms with Crippen LogP contribution in [-0.2, 0) is 24.3 Å². The van der Waals surface area contributed by atoms with Gasteiger partial charge in [-0.05, 0) is 60.8 Å². The Morgan fingerprint density at radius 3 is 2.20 bits per heavy atom. The van der Waals surface area contributed by atoms with Crippen molar-refractivity contribution in [2.45, 2.75) is 52.8 Å². The van der Waals surface area contributed by atoms with Gasteiger partial charge >= 0.3 is 5.97 Å². The van der Waals surface area contributed by atoms with E-state index in [1.165, 1.54) is 32.4 Å². The van der Waals surface area contributed by atoms with Crippen LogP contribution in [0, 0.1) is 11.7 Å². The van der Waals surface area contributed by atoms with Gasteiger partial charge in [-0.1, -0.05) is 26.0 Å². The topological polar surface area (TPSA) is 113 Å². The summed E-state index contributed by atoms with van der Waals surface area (Å²) in [6, 6.07) is 5.84. The first-order chi connectivity index (χ1) is 16.2.